The first-order valence-electron chi connectivity index (χ1n) is 7.53. The minimum absolute atomic E-state index is 0.143. The van der Waals surface area contributed by atoms with Gasteiger partial charge in [-0.3, -0.25) is 4.79 Å². The van der Waals surface area contributed by atoms with Gasteiger partial charge in [-0.2, -0.15) is 0 Å². The van der Waals surface area contributed by atoms with Crippen LogP contribution in [0, 0.1) is 24.7 Å². The third kappa shape index (κ3) is 5.55. The summed E-state index contributed by atoms with van der Waals surface area (Å²) in [7, 11) is 0. The molecule has 0 aromatic heterocycles. The monoisotopic (exact) mass is 318 g/mol. The molecule has 2 aromatic carbocycles. The third-order valence-corrected chi connectivity index (χ3v) is 3.29. The van der Waals surface area contributed by atoms with Crippen molar-refractivity contribution in [3.05, 3.63) is 59.7 Å². The quantitative estimate of drug-likeness (QED) is 0.702. The molecular formula is C21H18O3. The van der Waals surface area contributed by atoms with E-state index in [1.165, 1.54) is 0 Å². The average Bonchev–Trinajstić information content (AvgIpc) is 2.60. The highest BCUT2D eigenvalue weighted by atomic mass is 16.5. The third-order valence-electron chi connectivity index (χ3n) is 3.29. The summed E-state index contributed by atoms with van der Waals surface area (Å²) in [4.78, 5) is 12.2. The van der Waals surface area contributed by atoms with Crippen LogP contribution < -0.4 is 9.47 Å². The summed E-state index contributed by atoms with van der Waals surface area (Å²) in [6.07, 6.45) is 11.0. The number of carbonyl (C=O) groups excluding carboxylic acids is 1. The van der Waals surface area contributed by atoms with Gasteiger partial charge in [-0.25, -0.2) is 0 Å². The molecule has 0 aliphatic carbocycles. The standard InChI is InChI=1S/C21H18O3/c1-3-13-23-20-9-5-17(6-10-20)15-19(22)16-18-7-11-21(12-8-18)24-14-4-2/h1-2,5-12H,13-16H2. The topological polar surface area (TPSA) is 35.5 Å². The van der Waals surface area contributed by atoms with Crippen LogP contribution >= 0.6 is 0 Å². The lowest BCUT2D eigenvalue weighted by Crippen LogP contribution is -2.06. The average molecular weight is 318 g/mol. The Morgan fingerprint density at radius 1 is 0.750 bits per heavy atom. The van der Waals surface area contributed by atoms with Gasteiger partial charge < -0.3 is 9.47 Å². The predicted molar refractivity (Wildman–Crippen MR) is 94.0 cm³/mol. The second-order valence-electron chi connectivity index (χ2n) is 5.17. The van der Waals surface area contributed by atoms with Crippen LogP contribution in [0.1, 0.15) is 11.1 Å². The summed E-state index contributed by atoms with van der Waals surface area (Å²) in [6, 6.07) is 14.8. The summed E-state index contributed by atoms with van der Waals surface area (Å²) >= 11 is 0. The lowest BCUT2D eigenvalue weighted by Gasteiger charge is -2.06. The fourth-order valence-corrected chi connectivity index (χ4v) is 2.17. The molecule has 2 aromatic rings. The van der Waals surface area contributed by atoms with E-state index in [9.17, 15) is 4.79 Å². The number of Topliss-reactive ketones (excluding diaryl/α,β-unsaturated/α-hetero) is 1. The Morgan fingerprint density at radius 2 is 1.12 bits per heavy atom. The molecule has 0 atom stereocenters. The smallest absolute Gasteiger partial charge is 0.148 e. The van der Waals surface area contributed by atoms with Crippen molar-refractivity contribution in [2.75, 3.05) is 13.2 Å². The van der Waals surface area contributed by atoms with E-state index in [1.807, 2.05) is 48.5 Å². The molecule has 0 bridgehead atoms. The van der Waals surface area contributed by atoms with Crippen molar-refractivity contribution < 1.29 is 14.3 Å². The van der Waals surface area contributed by atoms with Crippen LogP contribution in [0.5, 0.6) is 11.5 Å². The van der Waals surface area contributed by atoms with Gasteiger partial charge in [0.2, 0.25) is 0 Å². The van der Waals surface area contributed by atoms with E-state index in [-0.39, 0.29) is 19.0 Å². The van der Waals surface area contributed by atoms with Gasteiger partial charge in [0.25, 0.3) is 0 Å². The first-order valence-corrected chi connectivity index (χ1v) is 7.53. The summed E-state index contributed by atoms with van der Waals surface area (Å²) in [6.45, 7) is 0.471. The number of hydrogen-bond donors (Lipinski definition) is 0. The molecule has 0 unspecified atom stereocenters. The molecule has 0 aliphatic heterocycles. The molecule has 120 valence electrons. The number of carbonyl (C=O) groups is 1. The minimum Gasteiger partial charge on any atom is -0.481 e. The Kier molecular flexibility index (Phi) is 6.50. The SMILES string of the molecule is C#CCOc1ccc(CC(=O)Cc2ccc(OCC#C)cc2)cc1. The molecule has 0 saturated heterocycles. The van der Waals surface area contributed by atoms with Gasteiger partial charge in [0.05, 0.1) is 0 Å². The van der Waals surface area contributed by atoms with Crippen LogP contribution in [0.25, 0.3) is 0 Å². The molecule has 0 N–H and O–H groups in total. The Labute approximate surface area is 142 Å². The number of ketones is 1. The van der Waals surface area contributed by atoms with E-state index in [0.29, 0.717) is 24.3 Å². The van der Waals surface area contributed by atoms with E-state index < -0.39 is 0 Å². The van der Waals surface area contributed by atoms with E-state index in [4.69, 9.17) is 22.3 Å². The maximum absolute atomic E-state index is 12.2. The molecule has 2 rings (SSSR count). The van der Waals surface area contributed by atoms with Crippen LogP contribution in [0.2, 0.25) is 0 Å². The van der Waals surface area contributed by atoms with E-state index in [0.717, 1.165) is 11.1 Å². The van der Waals surface area contributed by atoms with Gasteiger partial charge in [0.15, 0.2) is 0 Å². The molecule has 0 heterocycles. The van der Waals surface area contributed by atoms with Crippen LogP contribution in [0.15, 0.2) is 48.5 Å². The van der Waals surface area contributed by atoms with Crippen LogP contribution in [0.4, 0.5) is 0 Å². The van der Waals surface area contributed by atoms with Crippen molar-refractivity contribution in [3.8, 4) is 36.2 Å². The van der Waals surface area contributed by atoms with Crippen molar-refractivity contribution in [1.82, 2.24) is 0 Å². The molecule has 0 amide bonds. The zero-order valence-electron chi connectivity index (χ0n) is 13.3. The van der Waals surface area contributed by atoms with E-state index in [2.05, 4.69) is 11.8 Å². The summed E-state index contributed by atoms with van der Waals surface area (Å²) < 4.78 is 10.6. The molecule has 0 spiro atoms. The highest BCUT2D eigenvalue weighted by Gasteiger charge is 2.06. The van der Waals surface area contributed by atoms with Crippen molar-refractivity contribution in [3.63, 3.8) is 0 Å². The second-order valence-corrected chi connectivity index (χ2v) is 5.17. The normalized spacial score (nSPS) is 9.58. The van der Waals surface area contributed by atoms with Crippen LogP contribution in [-0.2, 0) is 17.6 Å². The lowest BCUT2D eigenvalue weighted by atomic mass is 10.0. The summed E-state index contributed by atoms with van der Waals surface area (Å²) in [5, 5.41) is 0. The molecule has 3 nitrogen and oxygen atoms in total. The fraction of sp³-hybridized carbons (Fsp3) is 0.190. The number of ether oxygens (including phenoxy) is 2. The number of hydrogen-bond acceptors (Lipinski definition) is 3. The predicted octanol–water partition coefficient (Wildman–Crippen LogP) is 3.06. The molecule has 0 aliphatic rings. The number of terminal acetylenes is 2. The fourth-order valence-electron chi connectivity index (χ4n) is 2.17. The summed E-state index contributed by atoms with van der Waals surface area (Å²) in [5.74, 6) is 6.37. The van der Waals surface area contributed by atoms with Crippen molar-refractivity contribution in [1.29, 1.82) is 0 Å². The maximum atomic E-state index is 12.2. The molecule has 0 saturated carbocycles. The van der Waals surface area contributed by atoms with Crippen molar-refractivity contribution >= 4 is 5.78 Å². The van der Waals surface area contributed by atoms with Gasteiger partial charge in [-0.05, 0) is 35.4 Å². The van der Waals surface area contributed by atoms with Gasteiger partial charge in [-0.1, -0.05) is 36.1 Å². The minimum atomic E-state index is 0.143. The molecule has 0 fully saturated rings. The largest absolute Gasteiger partial charge is 0.481 e. The Bertz CT molecular complexity index is 678. The highest BCUT2D eigenvalue weighted by Crippen LogP contribution is 2.15. The maximum Gasteiger partial charge on any atom is 0.148 e. The van der Waals surface area contributed by atoms with Crippen molar-refractivity contribution in [2.45, 2.75) is 12.8 Å². The Morgan fingerprint density at radius 3 is 1.46 bits per heavy atom. The second kappa shape index (κ2) is 9.08. The number of benzene rings is 2. The van der Waals surface area contributed by atoms with Gasteiger partial charge in [0.1, 0.15) is 30.5 Å². The van der Waals surface area contributed by atoms with Gasteiger partial charge >= 0.3 is 0 Å². The van der Waals surface area contributed by atoms with Crippen molar-refractivity contribution in [2.24, 2.45) is 0 Å². The Balaban J connectivity index is 1.86. The first-order chi connectivity index (χ1) is 11.7. The van der Waals surface area contributed by atoms with Crippen LogP contribution in [-0.4, -0.2) is 19.0 Å². The van der Waals surface area contributed by atoms with E-state index in [1.54, 1.807) is 0 Å². The highest BCUT2D eigenvalue weighted by molar-refractivity contribution is 5.83. The summed E-state index contributed by atoms with van der Waals surface area (Å²) in [5.41, 5.74) is 1.89. The molecule has 24 heavy (non-hydrogen) atoms. The number of rotatable bonds is 8. The lowest BCUT2D eigenvalue weighted by molar-refractivity contribution is -0.117. The Hall–Kier alpha value is -3.17. The first kappa shape index (κ1) is 17.2. The van der Waals surface area contributed by atoms with Gasteiger partial charge in [-0.15, -0.1) is 12.8 Å². The van der Waals surface area contributed by atoms with Crippen LogP contribution in [0.3, 0.4) is 0 Å². The molecular weight excluding hydrogens is 300 g/mol. The molecule has 3 heteroatoms. The van der Waals surface area contributed by atoms with E-state index >= 15 is 0 Å². The zero-order valence-corrected chi connectivity index (χ0v) is 13.3. The van der Waals surface area contributed by atoms with Gasteiger partial charge in [0, 0.05) is 12.8 Å². The zero-order chi connectivity index (χ0) is 17.2. The molecule has 0 radical (unpaired) electrons.